The number of halogens is 4. The van der Waals surface area contributed by atoms with Gasteiger partial charge in [0.2, 0.25) is 5.91 Å². The second kappa shape index (κ2) is 11.2. The topological polar surface area (TPSA) is 56.7 Å². The Morgan fingerprint density at radius 3 is 2.32 bits per heavy atom. The van der Waals surface area contributed by atoms with Crippen LogP contribution < -0.4 is 10.6 Å². The monoisotopic (exact) mass is 472 g/mol. The molecule has 0 fully saturated rings. The molecule has 1 rings (SSSR count). The molecule has 0 saturated heterocycles. The zero-order valence-corrected chi connectivity index (χ0v) is 16.8. The van der Waals surface area contributed by atoms with E-state index in [9.17, 15) is 18.0 Å². The third-order valence-corrected chi connectivity index (χ3v) is 3.13. The number of nitrogens with one attached hydrogen (secondary N) is 2. The number of benzene rings is 1. The highest BCUT2D eigenvalue weighted by Crippen LogP contribution is 2.15. The quantitative estimate of drug-likeness (QED) is 0.381. The van der Waals surface area contributed by atoms with Crippen molar-refractivity contribution >= 4 is 35.8 Å². The van der Waals surface area contributed by atoms with Gasteiger partial charge in [0, 0.05) is 13.6 Å². The summed E-state index contributed by atoms with van der Waals surface area (Å²) in [5.74, 6) is -0.278. The number of rotatable bonds is 6. The first-order valence-electron chi connectivity index (χ1n) is 7.59. The van der Waals surface area contributed by atoms with E-state index in [1.165, 1.54) is 0 Å². The summed E-state index contributed by atoms with van der Waals surface area (Å²) in [6.07, 6.45) is -4.41. The first-order chi connectivity index (χ1) is 11.2. The Morgan fingerprint density at radius 1 is 1.20 bits per heavy atom. The molecule has 5 nitrogen and oxygen atoms in total. The Hall–Kier alpha value is -1.52. The maximum atomic E-state index is 12.3. The van der Waals surface area contributed by atoms with Gasteiger partial charge < -0.3 is 15.5 Å². The van der Waals surface area contributed by atoms with Gasteiger partial charge in [-0.25, -0.2) is 4.99 Å². The molecule has 142 valence electrons. The average Bonchev–Trinajstić information content (AvgIpc) is 2.49. The summed E-state index contributed by atoms with van der Waals surface area (Å²) in [7, 11) is 1.12. The summed E-state index contributed by atoms with van der Waals surface area (Å²) in [6.45, 7) is 3.30. The molecular formula is C16H24F3IN4O. The summed E-state index contributed by atoms with van der Waals surface area (Å²) in [5, 5.41) is 5.70. The SMILES string of the molecule is CCNC(=NCc1ccc(C)cc1)NCC(=O)N(C)CC(F)(F)F.I. The lowest BCUT2D eigenvalue weighted by molar-refractivity contribution is -0.157. The Labute approximate surface area is 163 Å². The van der Waals surface area contributed by atoms with E-state index in [0.717, 1.165) is 18.2 Å². The van der Waals surface area contributed by atoms with Crippen LogP contribution >= 0.6 is 24.0 Å². The number of aliphatic imine (C=N–C) groups is 1. The first-order valence-corrected chi connectivity index (χ1v) is 7.59. The Morgan fingerprint density at radius 2 is 1.80 bits per heavy atom. The van der Waals surface area contributed by atoms with E-state index in [2.05, 4.69) is 15.6 Å². The van der Waals surface area contributed by atoms with Crippen LogP contribution in [-0.2, 0) is 11.3 Å². The first kappa shape index (κ1) is 23.5. The Kier molecular flexibility index (Phi) is 10.5. The van der Waals surface area contributed by atoms with Gasteiger partial charge in [-0.2, -0.15) is 13.2 Å². The highest BCUT2D eigenvalue weighted by Gasteiger charge is 2.31. The number of carbonyl (C=O) groups is 1. The number of nitrogens with zero attached hydrogens (tertiary/aromatic N) is 2. The molecule has 1 aromatic carbocycles. The highest BCUT2D eigenvalue weighted by atomic mass is 127. The minimum Gasteiger partial charge on any atom is -0.357 e. The Bertz CT molecular complexity index is 561. The van der Waals surface area contributed by atoms with Crippen LogP contribution in [0.1, 0.15) is 18.1 Å². The van der Waals surface area contributed by atoms with Crippen LogP contribution in [0, 0.1) is 6.92 Å². The van der Waals surface area contributed by atoms with Crippen molar-refractivity contribution in [1.29, 1.82) is 0 Å². The molecule has 0 heterocycles. The third kappa shape index (κ3) is 10.1. The van der Waals surface area contributed by atoms with Gasteiger partial charge in [0.25, 0.3) is 0 Å². The standard InChI is InChI=1S/C16H23F3N4O.HI/c1-4-20-15(21-9-13-7-5-12(2)6-8-13)22-10-14(24)23(3)11-16(17,18)19;/h5-8H,4,9-11H2,1-3H3,(H2,20,21,22);1H. The van der Waals surface area contributed by atoms with E-state index in [1.807, 2.05) is 38.1 Å². The van der Waals surface area contributed by atoms with Crippen LogP contribution in [0.5, 0.6) is 0 Å². The molecule has 2 N–H and O–H groups in total. The fourth-order valence-corrected chi connectivity index (χ4v) is 1.86. The van der Waals surface area contributed by atoms with Crippen LogP contribution in [0.3, 0.4) is 0 Å². The van der Waals surface area contributed by atoms with Gasteiger partial charge in [0.15, 0.2) is 5.96 Å². The van der Waals surface area contributed by atoms with Gasteiger partial charge in [-0.15, -0.1) is 24.0 Å². The summed E-state index contributed by atoms with van der Waals surface area (Å²) in [5.41, 5.74) is 2.14. The number of amides is 1. The van der Waals surface area contributed by atoms with Gasteiger partial charge in [-0.05, 0) is 19.4 Å². The molecule has 9 heteroatoms. The lowest BCUT2D eigenvalue weighted by atomic mass is 10.1. The van der Waals surface area contributed by atoms with Crippen molar-refractivity contribution in [2.45, 2.75) is 26.6 Å². The van der Waals surface area contributed by atoms with Crippen LogP contribution in [0.2, 0.25) is 0 Å². The molecule has 0 aliphatic carbocycles. The fraction of sp³-hybridized carbons (Fsp3) is 0.500. The molecule has 0 aliphatic rings. The largest absolute Gasteiger partial charge is 0.406 e. The van der Waals surface area contributed by atoms with Crippen LogP contribution in [0.4, 0.5) is 13.2 Å². The van der Waals surface area contributed by atoms with E-state index in [0.29, 0.717) is 23.9 Å². The number of hydrogen-bond donors (Lipinski definition) is 2. The molecule has 0 radical (unpaired) electrons. The molecule has 0 atom stereocenters. The van der Waals surface area contributed by atoms with Crippen molar-refractivity contribution in [3.05, 3.63) is 35.4 Å². The van der Waals surface area contributed by atoms with Crippen LogP contribution in [0.25, 0.3) is 0 Å². The van der Waals surface area contributed by atoms with E-state index >= 15 is 0 Å². The molecular weight excluding hydrogens is 448 g/mol. The molecule has 1 aromatic rings. The maximum Gasteiger partial charge on any atom is 0.406 e. The van der Waals surface area contributed by atoms with E-state index < -0.39 is 18.6 Å². The smallest absolute Gasteiger partial charge is 0.357 e. The lowest BCUT2D eigenvalue weighted by Gasteiger charge is -2.20. The van der Waals surface area contributed by atoms with E-state index in [1.54, 1.807) is 0 Å². The number of alkyl halides is 3. The third-order valence-electron chi connectivity index (χ3n) is 3.13. The van der Waals surface area contributed by atoms with Crippen molar-refractivity contribution in [2.75, 3.05) is 26.7 Å². The number of guanidine groups is 1. The van der Waals surface area contributed by atoms with Gasteiger partial charge in [0.05, 0.1) is 13.1 Å². The summed E-state index contributed by atoms with van der Waals surface area (Å²) >= 11 is 0. The molecule has 0 unspecified atom stereocenters. The van der Waals surface area contributed by atoms with Gasteiger partial charge in [0.1, 0.15) is 6.54 Å². The second-order valence-electron chi connectivity index (χ2n) is 5.40. The van der Waals surface area contributed by atoms with Crippen LogP contribution in [-0.4, -0.2) is 49.6 Å². The van der Waals surface area contributed by atoms with Crippen molar-refractivity contribution in [2.24, 2.45) is 4.99 Å². The predicted octanol–water partition coefficient (Wildman–Crippen LogP) is 2.69. The fourth-order valence-electron chi connectivity index (χ4n) is 1.86. The number of aryl methyl sites for hydroxylation is 1. The van der Waals surface area contributed by atoms with Crippen molar-refractivity contribution in [1.82, 2.24) is 15.5 Å². The van der Waals surface area contributed by atoms with Gasteiger partial charge in [-0.1, -0.05) is 29.8 Å². The zero-order valence-electron chi connectivity index (χ0n) is 14.5. The molecule has 0 bridgehead atoms. The summed E-state index contributed by atoms with van der Waals surface area (Å²) in [4.78, 5) is 16.7. The molecule has 0 aliphatic heterocycles. The minimum absolute atomic E-state index is 0. The molecule has 25 heavy (non-hydrogen) atoms. The number of carbonyl (C=O) groups excluding carboxylic acids is 1. The van der Waals surface area contributed by atoms with Gasteiger partial charge >= 0.3 is 6.18 Å². The predicted molar refractivity (Wildman–Crippen MR) is 103 cm³/mol. The van der Waals surface area contributed by atoms with E-state index in [-0.39, 0.29) is 30.5 Å². The van der Waals surface area contributed by atoms with Crippen molar-refractivity contribution < 1.29 is 18.0 Å². The van der Waals surface area contributed by atoms with Crippen molar-refractivity contribution in [3.63, 3.8) is 0 Å². The van der Waals surface area contributed by atoms with Crippen molar-refractivity contribution in [3.8, 4) is 0 Å². The molecule has 0 spiro atoms. The highest BCUT2D eigenvalue weighted by molar-refractivity contribution is 14.0. The Balaban J connectivity index is 0.00000576. The van der Waals surface area contributed by atoms with Gasteiger partial charge in [-0.3, -0.25) is 4.79 Å². The average molecular weight is 472 g/mol. The second-order valence-corrected chi connectivity index (χ2v) is 5.40. The lowest BCUT2D eigenvalue weighted by Crippen LogP contribution is -2.45. The number of hydrogen-bond acceptors (Lipinski definition) is 2. The zero-order chi connectivity index (χ0) is 18.2. The number of likely N-dealkylation sites (N-methyl/N-ethyl adjacent to an activating group) is 1. The molecule has 1 amide bonds. The van der Waals surface area contributed by atoms with Crippen LogP contribution in [0.15, 0.2) is 29.3 Å². The minimum atomic E-state index is -4.41. The normalized spacial score (nSPS) is 11.5. The molecule has 0 aromatic heterocycles. The summed E-state index contributed by atoms with van der Waals surface area (Å²) < 4.78 is 36.8. The maximum absolute atomic E-state index is 12.3. The van der Waals surface area contributed by atoms with E-state index in [4.69, 9.17) is 0 Å². The molecule has 0 saturated carbocycles. The summed E-state index contributed by atoms with van der Waals surface area (Å²) in [6, 6.07) is 7.84.